The molecule has 87 valence electrons. The highest BCUT2D eigenvalue weighted by Crippen LogP contribution is 2.18. The molecule has 1 amide bonds. The maximum absolute atomic E-state index is 11.1. The minimum absolute atomic E-state index is 0.242. The van der Waals surface area contributed by atoms with Crippen molar-refractivity contribution >= 4 is 5.91 Å². The van der Waals surface area contributed by atoms with Crippen molar-refractivity contribution in [2.24, 2.45) is 0 Å². The normalized spacial score (nSPS) is 36.3. The van der Waals surface area contributed by atoms with Crippen LogP contribution in [-0.2, 0) is 9.53 Å². The van der Waals surface area contributed by atoms with Crippen LogP contribution in [0.15, 0.2) is 0 Å². The predicted octanol–water partition coefficient (Wildman–Crippen LogP) is -1.84. The van der Waals surface area contributed by atoms with Crippen LogP contribution in [-0.4, -0.2) is 52.2 Å². The number of rotatable bonds is 3. The van der Waals surface area contributed by atoms with Crippen molar-refractivity contribution in [3.63, 3.8) is 0 Å². The third kappa shape index (κ3) is 2.88. The molecule has 4 N–H and O–H groups in total. The van der Waals surface area contributed by atoms with Gasteiger partial charge >= 0.3 is 0 Å². The van der Waals surface area contributed by atoms with Crippen molar-refractivity contribution in [3.05, 3.63) is 6.61 Å². The van der Waals surface area contributed by atoms with E-state index in [1.54, 1.807) is 6.92 Å². The Morgan fingerprint density at radius 2 is 2.13 bits per heavy atom. The van der Waals surface area contributed by atoms with Crippen molar-refractivity contribution in [2.45, 2.75) is 37.7 Å². The molecule has 0 aromatic carbocycles. The van der Waals surface area contributed by atoms with Gasteiger partial charge in [-0.15, -0.1) is 0 Å². The molecule has 1 rings (SSSR count). The summed E-state index contributed by atoms with van der Waals surface area (Å²) in [5.41, 5.74) is 0. The lowest BCUT2D eigenvalue weighted by atomic mass is 9.98. The highest BCUT2D eigenvalue weighted by atomic mass is 16.5. The Morgan fingerprint density at radius 3 is 2.67 bits per heavy atom. The predicted molar refractivity (Wildman–Crippen MR) is 50.5 cm³/mol. The van der Waals surface area contributed by atoms with E-state index in [0.717, 1.165) is 0 Å². The van der Waals surface area contributed by atoms with Crippen LogP contribution in [0.4, 0.5) is 0 Å². The second-order valence-corrected chi connectivity index (χ2v) is 3.42. The molecule has 1 fully saturated rings. The molecule has 0 aromatic heterocycles. The van der Waals surface area contributed by atoms with Crippen molar-refractivity contribution in [2.75, 3.05) is 6.61 Å². The summed E-state index contributed by atoms with van der Waals surface area (Å²) in [6.07, 6.45) is -2.92. The van der Waals surface area contributed by atoms with Crippen LogP contribution in [0, 0.1) is 6.61 Å². The zero-order chi connectivity index (χ0) is 11.4. The molecule has 1 radical (unpaired) electrons. The SMILES string of the molecule is CCC(=O)N[C@@H]1[CH]O[C@H](CO)[C@@H](O)[C@@H]1O. The summed E-state index contributed by atoms with van der Waals surface area (Å²) in [4.78, 5) is 11.1. The van der Waals surface area contributed by atoms with Gasteiger partial charge in [0.1, 0.15) is 24.9 Å². The summed E-state index contributed by atoms with van der Waals surface area (Å²) in [6.45, 7) is 2.52. The monoisotopic (exact) mass is 218 g/mol. The van der Waals surface area contributed by atoms with E-state index < -0.39 is 24.4 Å². The van der Waals surface area contributed by atoms with Crippen molar-refractivity contribution in [1.29, 1.82) is 0 Å². The summed E-state index contributed by atoms with van der Waals surface area (Å²) in [5, 5.41) is 30.4. The molecule has 0 spiro atoms. The first-order valence-corrected chi connectivity index (χ1v) is 4.85. The number of aliphatic hydroxyl groups excluding tert-OH is 3. The highest BCUT2D eigenvalue weighted by molar-refractivity contribution is 5.76. The zero-order valence-electron chi connectivity index (χ0n) is 8.46. The Balaban J connectivity index is 2.52. The molecular weight excluding hydrogens is 202 g/mol. The number of hydrogen-bond acceptors (Lipinski definition) is 5. The van der Waals surface area contributed by atoms with E-state index in [2.05, 4.69) is 5.32 Å². The molecule has 1 heterocycles. The smallest absolute Gasteiger partial charge is 0.220 e. The van der Waals surface area contributed by atoms with Gasteiger partial charge in [-0.05, 0) is 0 Å². The third-order valence-corrected chi connectivity index (χ3v) is 2.33. The standard InChI is InChI=1S/C9H16NO5/c1-2-7(12)10-5-4-15-6(3-11)9(14)8(5)13/h4-6,8-9,11,13-14H,2-3H2,1H3,(H,10,12)/t5-,6-,8-,9-/m1/s1. The van der Waals surface area contributed by atoms with Gasteiger partial charge in [-0.2, -0.15) is 0 Å². The molecule has 1 saturated heterocycles. The van der Waals surface area contributed by atoms with Gasteiger partial charge in [0.15, 0.2) is 0 Å². The van der Waals surface area contributed by atoms with E-state index in [1.807, 2.05) is 0 Å². The molecule has 0 aliphatic carbocycles. The molecule has 0 saturated carbocycles. The number of carbonyl (C=O) groups is 1. The molecular formula is C9H16NO5. The maximum atomic E-state index is 11.1. The summed E-state index contributed by atoms with van der Waals surface area (Å²) >= 11 is 0. The maximum Gasteiger partial charge on any atom is 0.220 e. The fourth-order valence-corrected chi connectivity index (χ4v) is 1.34. The Bertz CT molecular complexity index is 223. The Labute approximate surface area is 87.9 Å². The van der Waals surface area contributed by atoms with Crippen LogP contribution in [0.3, 0.4) is 0 Å². The average Bonchev–Trinajstić information content (AvgIpc) is 2.25. The number of hydrogen-bond donors (Lipinski definition) is 4. The molecule has 1 aliphatic heterocycles. The molecule has 4 atom stereocenters. The number of aliphatic hydroxyl groups is 3. The van der Waals surface area contributed by atoms with Gasteiger partial charge in [-0.3, -0.25) is 4.79 Å². The summed E-state index contributed by atoms with van der Waals surface area (Å²) in [5.74, 6) is -0.242. The van der Waals surface area contributed by atoms with Crippen LogP contribution < -0.4 is 5.32 Å². The van der Waals surface area contributed by atoms with Gasteiger partial charge < -0.3 is 25.4 Å². The number of nitrogens with one attached hydrogen (secondary N) is 1. The minimum atomic E-state index is -1.21. The summed E-state index contributed by atoms with van der Waals surface area (Å²) in [6, 6.07) is -0.741. The van der Waals surface area contributed by atoms with Gasteiger partial charge in [-0.25, -0.2) is 0 Å². The van der Waals surface area contributed by atoms with Crippen LogP contribution in [0.5, 0.6) is 0 Å². The second-order valence-electron chi connectivity index (χ2n) is 3.42. The lowest BCUT2D eigenvalue weighted by Gasteiger charge is -2.36. The van der Waals surface area contributed by atoms with Gasteiger partial charge in [0.2, 0.25) is 5.91 Å². The van der Waals surface area contributed by atoms with Crippen LogP contribution in [0.25, 0.3) is 0 Å². The van der Waals surface area contributed by atoms with Crippen LogP contribution >= 0.6 is 0 Å². The lowest BCUT2D eigenvalue weighted by molar-refractivity contribution is -0.144. The largest absolute Gasteiger partial charge is 0.394 e. The summed E-state index contributed by atoms with van der Waals surface area (Å²) < 4.78 is 4.97. The average molecular weight is 218 g/mol. The lowest BCUT2D eigenvalue weighted by Crippen LogP contribution is -2.57. The fraction of sp³-hybridized carbons (Fsp3) is 0.778. The molecule has 6 heteroatoms. The molecule has 0 aromatic rings. The molecule has 0 bridgehead atoms. The Morgan fingerprint density at radius 1 is 1.47 bits per heavy atom. The minimum Gasteiger partial charge on any atom is -0.394 e. The molecule has 6 nitrogen and oxygen atoms in total. The van der Waals surface area contributed by atoms with Crippen molar-refractivity contribution in [3.8, 4) is 0 Å². The first-order valence-electron chi connectivity index (χ1n) is 4.85. The zero-order valence-corrected chi connectivity index (χ0v) is 8.46. The van der Waals surface area contributed by atoms with Gasteiger partial charge in [0.25, 0.3) is 0 Å². The second kappa shape index (κ2) is 5.41. The van der Waals surface area contributed by atoms with E-state index in [1.165, 1.54) is 6.61 Å². The van der Waals surface area contributed by atoms with E-state index in [0.29, 0.717) is 0 Å². The quantitative estimate of drug-likeness (QED) is 0.446. The van der Waals surface area contributed by atoms with E-state index in [-0.39, 0.29) is 18.9 Å². The number of carbonyl (C=O) groups excluding carboxylic acids is 1. The van der Waals surface area contributed by atoms with Gasteiger partial charge in [0.05, 0.1) is 12.6 Å². The topological polar surface area (TPSA) is 99.0 Å². The molecule has 0 unspecified atom stereocenters. The van der Waals surface area contributed by atoms with Gasteiger partial charge in [0, 0.05) is 6.42 Å². The summed E-state index contributed by atoms with van der Waals surface area (Å²) in [7, 11) is 0. The first kappa shape index (κ1) is 12.4. The number of ether oxygens (including phenoxy) is 1. The van der Waals surface area contributed by atoms with E-state index in [9.17, 15) is 15.0 Å². The molecule has 1 aliphatic rings. The van der Waals surface area contributed by atoms with E-state index in [4.69, 9.17) is 9.84 Å². The van der Waals surface area contributed by atoms with E-state index >= 15 is 0 Å². The van der Waals surface area contributed by atoms with Crippen molar-refractivity contribution in [1.82, 2.24) is 5.32 Å². The molecule has 15 heavy (non-hydrogen) atoms. The van der Waals surface area contributed by atoms with Crippen LogP contribution in [0.2, 0.25) is 0 Å². The highest BCUT2D eigenvalue weighted by Gasteiger charge is 2.38. The Kier molecular flexibility index (Phi) is 4.46. The first-order chi connectivity index (χ1) is 7.10. The van der Waals surface area contributed by atoms with Gasteiger partial charge in [-0.1, -0.05) is 6.92 Å². The third-order valence-electron chi connectivity index (χ3n) is 2.33. The van der Waals surface area contributed by atoms with Crippen LogP contribution in [0.1, 0.15) is 13.3 Å². The van der Waals surface area contributed by atoms with Crippen molar-refractivity contribution < 1.29 is 24.9 Å². The number of amides is 1. The Hall–Kier alpha value is -0.690. The fourth-order valence-electron chi connectivity index (χ4n) is 1.34.